The molecule has 2 aromatic carbocycles. The molecular formula is C22H20O8. The van der Waals surface area contributed by atoms with E-state index in [1.807, 2.05) is 0 Å². The first-order valence-electron chi connectivity index (χ1n) is 8.84. The van der Waals surface area contributed by atoms with Crippen molar-refractivity contribution in [2.75, 3.05) is 0 Å². The Morgan fingerprint density at radius 2 is 1.13 bits per heavy atom. The summed E-state index contributed by atoms with van der Waals surface area (Å²) >= 11 is 0. The van der Waals surface area contributed by atoms with E-state index in [-0.39, 0.29) is 35.5 Å². The van der Waals surface area contributed by atoms with E-state index >= 15 is 0 Å². The van der Waals surface area contributed by atoms with Gasteiger partial charge in [-0.3, -0.25) is 9.59 Å². The van der Waals surface area contributed by atoms with Crippen molar-refractivity contribution in [3.63, 3.8) is 0 Å². The maximum absolute atomic E-state index is 11.5. The van der Waals surface area contributed by atoms with Crippen molar-refractivity contribution in [1.82, 2.24) is 0 Å². The lowest BCUT2D eigenvalue weighted by atomic mass is 9.96. The Balaban J connectivity index is 2.37. The molecule has 0 bridgehead atoms. The summed E-state index contributed by atoms with van der Waals surface area (Å²) in [5.74, 6) is -3.96. The van der Waals surface area contributed by atoms with Crippen molar-refractivity contribution in [1.29, 1.82) is 0 Å². The van der Waals surface area contributed by atoms with Gasteiger partial charge >= 0.3 is 23.9 Å². The van der Waals surface area contributed by atoms with Crippen molar-refractivity contribution in [2.45, 2.75) is 26.7 Å². The Kier molecular flexibility index (Phi) is 7.08. The number of aromatic carboxylic acids is 2. The van der Waals surface area contributed by atoms with Gasteiger partial charge in [-0.1, -0.05) is 36.4 Å². The molecular weight excluding hydrogens is 392 g/mol. The van der Waals surface area contributed by atoms with Crippen molar-refractivity contribution < 1.29 is 38.9 Å². The Hall–Kier alpha value is -3.94. The van der Waals surface area contributed by atoms with Crippen LogP contribution in [-0.4, -0.2) is 34.1 Å². The van der Waals surface area contributed by atoms with Gasteiger partial charge in [-0.15, -0.1) is 0 Å². The van der Waals surface area contributed by atoms with Gasteiger partial charge in [0.2, 0.25) is 0 Å². The second kappa shape index (κ2) is 9.51. The second-order valence-corrected chi connectivity index (χ2v) is 6.49. The van der Waals surface area contributed by atoms with Crippen molar-refractivity contribution in [2.24, 2.45) is 0 Å². The van der Waals surface area contributed by atoms with Crippen molar-refractivity contribution in [3.05, 3.63) is 70.8 Å². The predicted octanol–water partition coefficient (Wildman–Crippen LogP) is 3.28. The molecule has 0 aliphatic carbocycles. The van der Waals surface area contributed by atoms with E-state index in [9.17, 15) is 29.4 Å². The first-order chi connectivity index (χ1) is 14.1. The molecule has 0 heterocycles. The third kappa shape index (κ3) is 5.54. The third-order valence-corrected chi connectivity index (χ3v) is 4.03. The first kappa shape index (κ1) is 22.4. The molecule has 0 aliphatic heterocycles. The van der Waals surface area contributed by atoms with E-state index in [4.69, 9.17) is 9.47 Å². The molecule has 30 heavy (non-hydrogen) atoms. The lowest BCUT2D eigenvalue weighted by Crippen LogP contribution is -2.11. The Morgan fingerprint density at radius 1 is 0.767 bits per heavy atom. The largest absolute Gasteiger partial charge is 0.478 e. The molecule has 0 atom stereocenters. The number of carboxylic acids is 2. The van der Waals surface area contributed by atoms with Crippen LogP contribution in [-0.2, 0) is 22.4 Å². The molecule has 0 aromatic heterocycles. The van der Waals surface area contributed by atoms with Crippen molar-refractivity contribution in [3.8, 4) is 11.5 Å². The fourth-order valence-corrected chi connectivity index (χ4v) is 2.91. The van der Waals surface area contributed by atoms with Gasteiger partial charge in [-0.2, -0.15) is 0 Å². The molecule has 0 unspecified atom stereocenters. The van der Waals surface area contributed by atoms with E-state index in [1.54, 1.807) is 12.1 Å². The summed E-state index contributed by atoms with van der Waals surface area (Å²) in [5.41, 5.74) is 1.09. The molecule has 0 amide bonds. The number of hydrogen-bond donors (Lipinski definition) is 2. The van der Waals surface area contributed by atoms with Crippen LogP contribution in [0.15, 0.2) is 48.6 Å². The highest BCUT2D eigenvalue weighted by Gasteiger charge is 2.20. The molecule has 2 aromatic rings. The van der Waals surface area contributed by atoms with Gasteiger partial charge in [0, 0.05) is 13.8 Å². The second-order valence-electron chi connectivity index (χ2n) is 6.49. The van der Waals surface area contributed by atoms with Gasteiger partial charge in [0.1, 0.15) is 22.6 Å². The van der Waals surface area contributed by atoms with Crippen LogP contribution >= 0.6 is 0 Å². The number of carboxylic acid groups (broad SMARTS) is 2. The van der Waals surface area contributed by atoms with E-state index in [0.29, 0.717) is 16.7 Å². The molecule has 0 fully saturated rings. The number of allylic oxidation sites excluding steroid dienone is 1. The van der Waals surface area contributed by atoms with Crippen LogP contribution in [0.25, 0.3) is 0 Å². The zero-order valence-electron chi connectivity index (χ0n) is 16.4. The molecule has 8 heteroatoms. The van der Waals surface area contributed by atoms with E-state index in [1.165, 1.54) is 38.1 Å². The highest BCUT2D eigenvalue weighted by molar-refractivity contribution is 5.93. The molecule has 2 N–H and O–H groups in total. The summed E-state index contributed by atoms with van der Waals surface area (Å²) in [6.45, 7) is 6.29. The van der Waals surface area contributed by atoms with Gasteiger partial charge in [-0.05, 0) is 36.1 Å². The summed E-state index contributed by atoms with van der Waals surface area (Å²) in [6, 6.07) is 8.90. The number of hydrogen-bond acceptors (Lipinski definition) is 6. The zero-order valence-corrected chi connectivity index (χ0v) is 16.4. The lowest BCUT2D eigenvalue weighted by Gasteiger charge is -2.15. The minimum atomic E-state index is -1.25. The number of esters is 2. The third-order valence-electron chi connectivity index (χ3n) is 4.03. The summed E-state index contributed by atoms with van der Waals surface area (Å²) < 4.78 is 10.2. The molecule has 2 rings (SSSR count). The van der Waals surface area contributed by atoms with Gasteiger partial charge in [-0.25, -0.2) is 9.59 Å². The number of rotatable bonds is 8. The normalized spacial score (nSPS) is 10.2. The van der Waals surface area contributed by atoms with Crippen LogP contribution in [0.2, 0.25) is 0 Å². The molecule has 0 aliphatic rings. The van der Waals surface area contributed by atoms with Crippen LogP contribution in [0, 0.1) is 0 Å². The smallest absolute Gasteiger partial charge is 0.339 e. The highest BCUT2D eigenvalue weighted by Crippen LogP contribution is 2.30. The number of carbonyl (C=O) groups is 4. The minimum Gasteiger partial charge on any atom is -0.478 e. The van der Waals surface area contributed by atoms with E-state index in [2.05, 4.69) is 6.58 Å². The topological polar surface area (TPSA) is 127 Å². The Labute approximate surface area is 172 Å². The summed E-state index contributed by atoms with van der Waals surface area (Å²) in [4.78, 5) is 45.8. The molecule has 0 saturated carbocycles. The molecule has 0 saturated heterocycles. The summed E-state index contributed by atoms with van der Waals surface area (Å²) in [5, 5.41) is 18.7. The predicted molar refractivity (Wildman–Crippen MR) is 106 cm³/mol. The highest BCUT2D eigenvalue weighted by atomic mass is 16.5. The van der Waals surface area contributed by atoms with Crippen LogP contribution in [0.5, 0.6) is 11.5 Å². The quantitative estimate of drug-likeness (QED) is 0.384. The van der Waals surface area contributed by atoms with Gasteiger partial charge in [0.05, 0.1) is 0 Å². The summed E-state index contributed by atoms with van der Waals surface area (Å²) in [7, 11) is 0. The first-order valence-corrected chi connectivity index (χ1v) is 8.84. The molecule has 0 radical (unpaired) electrons. The van der Waals surface area contributed by atoms with Crippen LogP contribution in [0.1, 0.15) is 45.7 Å². The number of ether oxygens (including phenoxy) is 2. The average Bonchev–Trinajstić information content (AvgIpc) is 2.63. The summed E-state index contributed by atoms with van der Waals surface area (Å²) in [6.07, 6.45) is 0.307. The van der Waals surface area contributed by atoms with Gasteiger partial charge in [0.25, 0.3) is 0 Å². The Bertz CT molecular complexity index is 954. The monoisotopic (exact) mass is 412 g/mol. The number of benzene rings is 2. The average molecular weight is 412 g/mol. The maximum atomic E-state index is 11.5. The number of para-hydroxylation sites is 2. The van der Waals surface area contributed by atoms with Crippen LogP contribution in [0.3, 0.4) is 0 Å². The zero-order chi connectivity index (χ0) is 22.4. The van der Waals surface area contributed by atoms with E-state index < -0.39 is 23.9 Å². The fraction of sp³-hybridized carbons (Fsp3) is 0.182. The Morgan fingerprint density at radius 3 is 1.43 bits per heavy atom. The fourth-order valence-electron chi connectivity index (χ4n) is 2.91. The van der Waals surface area contributed by atoms with Crippen molar-refractivity contribution >= 4 is 23.9 Å². The lowest BCUT2D eigenvalue weighted by molar-refractivity contribution is -0.132. The van der Waals surface area contributed by atoms with E-state index in [0.717, 1.165) is 0 Å². The molecule has 8 nitrogen and oxygen atoms in total. The molecule has 0 spiro atoms. The molecule has 156 valence electrons. The maximum Gasteiger partial charge on any atom is 0.339 e. The van der Waals surface area contributed by atoms with Crippen LogP contribution in [0.4, 0.5) is 0 Å². The van der Waals surface area contributed by atoms with Gasteiger partial charge < -0.3 is 19.7 Å². The van der Waals surface area contributed by atoms with Crippen LogP contribution < -0.4 is 9.47 Å². The SMILES string of the molecule is C=C(Cc1cccc(C(=O)O)c1OC(C)=O)Cc1cccc(C(=O)O)c1OC(C)=O. The standard InChI is InChI=1S/C22H20O8/c1-12(10-15-6-4-8-17(21(25)26)19(15)29-13(2)23)11-16-7-5-9-18(22(27)28)20(16)30-14(3)24/h4-9H,1,10-11H2,2-3H3,(H,25,26)(H,27,28). The minimum absolute atomic E-state index is 0.0712. The van der Waals surface area contributed by atoms with Gasteiger partial charge in [0.15, 0.2) is 0 Å². The number of carbonyl (C=O) groups excluding carboxylic acids is 2.